The van der Waals surface area contributed by atoms with Crippen molar-refractivity contribution in [1.29, 1.82) is 0 Å². The second kappa shape index (κ2) is 9.02. The maximum atomic E-state index is 13.8. The molecule has 170 valence electrons. The fourth-order valence-electron chi connectivity index (χ4n) is 4.66. The summed E-state index contributed by atoms with van der Waals surface area (Å²) >= 11 is 0. The van der Waals surface area contributed by atoms with Crippen LogP contribution < -0.4 is 14.8 Å². The summed E-state index contributed by atoms with van der Waals surface area (Å²) in [6.45, 7) is 4.72. The van der Waals surface area contributed by atoms with Crippen molar-refractivity contribution in [3.63, 3.8) is 0 Å². The van der Waals surface area contributed by atoms with E-state index in [-0.39, 0.29) is 11.6 Å². The molecule has 5 nitrogen and oxygen atoms in total. The predicted octanol–water partition coefficient (Wildman–Crippen LogP) is 5.46. The average Bonchev–Trinajstić information content (AvgIpc) is 2.88. The summed E-state index contributed by atoms with van der Waals surface area (Å²) in [5, 5.41) is 3.30. The summed E-state index contributed by atoms with van der Waals surface area (Å²) < 4.78 is 11.5. The van der Waals surface area contributed by atoms with Crippen molar-refractivity contribution in [2.24, 2.45) is 0 Å². The van der Waals surface area contributed by atoms with Gasteiger partial charge in [0.25, 0.3) is 0 Å². The van der Waals surface area contributed by atoms with E-state index in [2.05, 4.69) is 5.32 Å². The second-order valence-corrected chi connectivity index (χ2v) is 8.43. The zero-order valence-electron chi connectivity index (χ0n) is 19.1. The molecule has 2 aliphatic heterocycles. The van der Waals surface area contributed by atoms with Gasteiger partial charge >= 0.3 is 0 Å². The Morgan fingerprint density at radius 1 is 0.706 bits per heavy atom. The number of nitrogens with one attached hydrogen (secondary N) is 1. The Balaban J connectivity index is 1.69. The number of rotatable bonds is 5. The molecule has 0 fully saturated rings. The number of carbonyl (C=O) groups excluding carboxylic acids is 2. The van der Waals surface area contributed by atoms with Crippen molar-refractivity contribution in [2.75, 3.05) is 13.2 Å². The van der Waals surface area contributed by atoms with Crippen LogP contribution in [-0.2, 0) is 0 Å². The fourth-order valence-corrected chi connectivity index (χ4v) is 4.66. The zero-order chi connectivity index (χ0) is 23.7. The van der Waals surface area contributed by atoms with E-state index < -0.39 is 5.92 Å². The maximum Gasteiger partial charge on any atom is 0.191 e. The number of hydrogen-bond donors (Lipinski definition) is 1. The zero-order valence-corrected chi connectivity index (χ0v) is 19.1. The number of carbonyl (C=O) groups is 2. The lowest BCUT2D eigenvalue weighted by atomic mass is 9.75. The number of allylic oxidation sites excluding steroid dienone is 4. The number of dihydropyridines is 1. The van der Waals surface area contributed by atoms with Gasteiger partial charge in [0.1, 0.15) is 13.2 Å². The lowest BCUT2D eigenvalue weighted by Gasteiger charge is -2.32. The molecular weight excluding hydrogens is 426 g/mol. The lowest BCUT2D eigenvalue weighted by Crippen LogP contribution is -2.31. The molecule has 0 saturated heterocycles. The van der Waals surface area contributed by atoms with Crippen LogP contribution in [0.1, 0.15) is 46.0 Å². The van der Waals surface area contributed by atoms with Gasteiger partial charge < -0.3 is 14.8 Å². The van der Waals surface area contributed by atoms with Crippen LogP contribution in [0.15, 0.2) is 101 Å². The Labute approximate surface area is 198 Å². The molecule has 0 spiro atoms. The Hall–Kier alpha value is -4.12. The summed E-state index contributed by atoms with van der Waals surface area (Å²) in [6, 6.07) is 24.0. The molecule has 5 rings (SSSR count). The molecule has 5 heteroatoms. The minimum Gasteiger partial charge on any atom is -0.486 e. The average molecular weight is 452 g/mol. The molecule has 0 atom stereocenters. The Morgan fingerprint density at radius 3 is 1.74 bits per heavy atom. The molecule has 0 saturated carbocycles. The molecule has 3 aromatic rings. The van der Waals surface area contributed by atoms with E-state index in [1.54, 1.807) is 24.3 Å². The van der Waals surface area contributed by atoms with Crippen LogP contribution >= 0.6 is 0 Å². The van der Waals surface area contributed by atoms with E-state index in [9.17, 15) is 9.59 Å². The molecule has 1 N–H and O–H groups in total. The highest BCUT2D eigenvalue weighted by molar-refractivity contribution is 6.16. The number of ether oxygens (including phenoxy) is 2. The first kappa shape index (κ1) is 21.7. The summed E-state index contributed by atoms with van der Waals surface area (Å²) in [5.74, 6) is 0.498. The van der Waals surface area contributed by atoms with Gasteiger partial charge in [0.2, 0.25) is 0 Å². The van der Waals surface area contributed by atoms with Gasteiger partial charge in [-0.05, 0) is 31.5 Å². The molecule has 0 aliphatic carbocycles. The van der Waals surface area contributed by atoms with Crippen molar-refractivity contribution in [1.82, 2.24) is 5.32 Å². The first-order valence-corrected chi connectivity index (χ1v) is 11.3. The normalized spacial score (nSPS) is 15.7. The summed E-state index contributed by atoms with van der Waals surface area (Å²) in [6.07, 6.45) is 0. The maximum absolute atomic E-state index is 13.8. The van der Waals surface area contributed by atoms with Crippen LogP contribution in [0, 0.1) is 0 Å². The SMILES string of the molecule is CC1=C(C(=O)c2ccccc2)C(c2ccc3c(c2)OCCO3)C(C(=O)c2ccccc2)=C(C)N1. The van der Waals surface area contributed by atoms with Gasteiger partial charge in [0, 0.05) is 39.6 Å². The van der Waals surface area contributed by atoms with Gasteiger partial charge in [-0.2, -0.15) is 0 Å². The predicted molar refractivity (Wildman–Crippen MR) is 130 cm³/mol. The number of Topliss-reactive ketones (excluding diaryl/α,β-unsaturated/α-hetero) is 2. The van der Waals surface area contributed by atoms with E-state index >= 15 is 0 Å². The van der Waals surface area contributed by atoms with Crippen LogP contribution in [0.3, 0.4) is 0 Å². The summed E-state index contributed by atoms with van der Waals surface area (Å²) in [5.41, 5.74) is 4.52. The van der Waals surface area contributed by atoms with Crippen molar-refractivity contribution in [3.05, 3.63) is 118 Å². The lowest BCUT2D eigenvalue weighted by molar-refractivity contribution is 0.101. The largest absolute Gasteiger partial charge is 0.486 e. The molecule has 0 amide bonds. The summed E-state index contributed by atoms with van der Waals surface area (Å²) in [4.78, 5) is 27.6. The fraction of sp³-hybridized carbons (Fsp3) is 0.172. The molecular formula is C29H25NO4. The second-order valence-electron chi connectivity index (χ2n) is 8.43. The van der Waals surface area contributed by atoms with Crippen LogP contribution in [0.5, 0.6) is 11.5 Å². The van der Waals surface area contributed by atoms with Crippen molar-refractivity contribution in [3.8, 4) is 11.5 Å². The minimum atomic E-state index is -0.558. The van der Waals surface area contributed by atoms with Crippen molar-refractivity contribution < 1.29 is 19.1 Å². The van der Waals surface area contributed by atoms with Gasteiger partial charge in [0.05, 0.1) is 0 Å². The van der Waals surface area contributed by atoms with E-state index in [0.29, 0.717) is 47.0 Å². The van der Waals surface area contributed by atoms with E-state index in [0.717, 1.165) is 17.0 Å². The van der Waals surface area contributed by atoms with E-state index in [1.807, 2.05) is 68.4 Å². The topological polar surface area (TPSA) is 64.6 Å². The first-order chi connectivity index (χ1) is 16.5. The molecule has 3 aromatic carbocycles. The number of fused-ring (bicyclic) bond motifs is 1. The number of ketones is 2. The minimum absolute atomic E-state index is 0.114. The third-order valence-corrected chi connectivity index (χ3v) is 6.22. The molecule has 2 heterocycles. The van der Waals surface area contributed by atoms with E-state index in [1.165, 1.54) is 0 Å². The Morgan fingerprint density at radius 2 is 1.21 bits per heavy atom. The van der Waals surface area contributed by atoms with Gasteiger partial charge in [-0.15, -0.1) is 0 Å². The quantitative estimate of drug-likeness (QED) is 0.522. The third-order valence-electron chi connectivity index (χ3n) is 6.22. The van der Waals surface area contributed by atoms with Gasteiger partial charge in [0.15, 0.2) is 23.1 Å². The van der Waals surface area contributed by atoms with Crippen LogP contribution in [-0.4, -0.2) is 24.8 Å². The Kier molecular flexibility index (Phi) is 5.76. The number of benzene rings is 3. The molecule has 0 unspecified atom stereocenters. The van der Waals surface area contributed by atoms with Gasteiger partial charge in [-0.25, -0.2) is 0 Å². The summed E-state index contributed by atoms with van der Waals surface area (Å²) in [7, 11) is 0. The Bertz CT molecular complexity index is 1250. The molecule has 0 aromatic heterocycles. The molecule has 0 radical (unpaired) electrons. The van der Waals surface area contributed by atoms with Gasteiger partial charge in [-0.1, -0.05) is 66.7 Å². The van der Waals surface area contributed by atoms with Crippen LogP contribution in [0.4, 0.5) is 0 Å². The van der Waals surface area contributed by atoms with Crippen molar-refractivity contribution in [2.45, 2.75) is 19.8 Å². The molecule has 34 heavy (non-hydrogen) atoms. The monoisotopic (exact) mass is 451 g/mol. The molecule has 0 bridgehead atoms. The highest BCUT2D eigenvalue weighted by Gasteiger charge is 2.37. The van der Waals surface area contributed by atoms with Crippen molar-refractivity contribution >= 4 is 11.6 Å². The van der Waals surface area contributed by atoms with Gasteiger partial charge in [-0.3, -0.25) is 9.59 Å². The highest BCUT2D eigenvalue weighted by atomic mass is 16.6. The smallest absolute Gasteiger partial charge is 0.191 e. The van der Waals surface area contributed by atoms with Crippen LogP contribution in [0.2, 0.25) is 0 Å². The first-order valence-electron chi connectivity index (χ1n) is 11.3. The third kappa shape index (κ3) is 3.90. The number of hydrogen-bond acceptors (Lipinski definition) is 5. The standard InChI is InChI=1S/C29H25NO4/c1-18-25(28(31)20-9-5-3-6-10-20)27(22-13-14-23-24(17-22)34-16-15-33-23)26(19(2)30-18)29(32)21-11-7-4-8-12-21/h3-14,17,27,30H,15-16H2,1-2H3. The van der Waals surface area contributed by atoms with Crippen LogP contribution in [0.25, 0.3) is 0 Å². The van der Waals surface area contributed by atoms with E-state index in [4.69, 9.17) is 9.47 Å². The highest BCUT2D eigenvalue weighted by Crippen LogP contribution is 2.43. The molecule has 2 aliphatic rings.